The van der Waals surface area contributed by atoms with Crippen molar-refractivity contribution in [3.8, 4) is 5.75 Å². The summed E-state index contributed by atoms with van der Waals surface area (Å²) < 4.78 is 6.42. The Morgan fingerprint density at radius 3 is 3.06 bits per heavy atom. The first-order valence-corrected chi connectivity index (χ1v) is 6.53. The van der Waals surface area contributed by atoms with Gasteiger partial charge >= 0.3 is 0 Å². The summed E-state index contributed by atoms with van der Waals surface area (Å²) in [7, 11) is 1.68. The number of fused-ring (bicyclic) bond motifs is 1. The van der Waals surface area contributed by atoms with E-state index >= 15 is 0 Å². The number of aromatic nitrogens is 1. The van der Waals surface area contributed by atoms with E-state index < -0.39 is 0 Å². The molecule has 3 rings (SSSR count). The van der Waals surface area contributed by atoms with E-state index in [4.69, 9.17) is 4.74 Å². The predicted octanol–water partition coefficient (Wildman–Crippen LogP) is 3.75. The molecule has 3 nitrogen and oxygen atoms in total. The van der Waals surface area contributed by atoms with Crippen molar-refractivity contribution in [3.05, 3.63) is 46.2 Å². The van der Waals surface area contributed by atoms with Gasteiger partial charge in [0.1, 0.15) is 5.75 Å². The van der Waals surface area contributed by atoms with Crippen molar-refractivity contribution in [2.45, 2.75) is 0 Å². The van der Waals surface area contributed by atoms with E-state index in [-0.39, 0.29) is 0 Å². The third-order valence-electron chi connectivity index (χ3n) is 3.08. The summed E-state index contributed by atoms with van der Waals surface area (Å²) in [5.41, 5.74) is 4.64. The van der Waals surface area contributed by atoms with Crippen LogP contribution in [-0.2, 0) is 0 Å². The molecule has 1 aromatic heterocycles. The lowest BCUT2D eigenvalue weighted by Crippen LogP contribution is -1.92. The average molecular weight is 305 g/mol. The maximum atomic E-state index is 5.31. The van der Waals surface area contributed by atoms with Crippen molar-refractivity contribution in [3.63, 3.8) is 0 Å². The molecule has 1 aromatic carbocycles. The van der Waals surface area contributed by atoms with E-state index in [1.165, 1.54) is 16.8 Å². The van der Waals surface area contributed by atoms with Crippen LogP contribution in [0, 0.1) is 0 Å². The van der Waals surface area contributed by atoms with Gasteiger partial charge in [-0.3, -0.25) is 0 Å². The smallest absolute Gasteiger partial charge is 0.143 e. The molecule has 1 aliphatic rings. The van der Waals surface area contributed by atoms with Gasteiger partial charge in [-0.05, 0) is 29.8 Å². The second kappa shape index (κ2) is 4.53. The van der Waals surface area contributed by atoms with Crippen molar-refractivity contribution < 1.29 is 4.74 Å². The number of benzene rings is 1. The molecular formula is C14H13BrN2O. The molecule has 0 aliphatic carbocycles. The van der Waals surface area contributed by atoms with Crippen LogP contribution >= 0.6 is 15.9 Å². The highest BCUT2D eigenvalue weighted by atomic mass is 79.9. The van der Waals surface area contributed by atoms with Crippen molar-refractivity contribution in [1.29, 1.82) is 0 Å². The first kappa shape index (κ1) is 11.4. The highest BCUT2D eigenvalue weighted by Gasteiger charge is 2.18. The van der Waals surface area contributed by atoms with Crippen LogP contribution in [0.25, 0.3) is 11.6 Å². The number of hydrogen-bond acceptors (Lipinski definition) is 2. The van der Waals surface area contributed by atoms with E-state index in [2.05, 4.69) is 44.4 Å². The van der Waals surface area contributed by atoms with Crippen LogP contribution in [0.2, 0.25) is 0 Å². The number of hydrogen-bond donors (Lipinski definition) is 2. The Labute approximate surface area is 114 Å². The molecule has 0 amide bonds. The average Bonchev–Trinajstić information content (AvgIpc) is 2.97. The molecule has 4 heteroatoms. The first-order valence-electron chi connectivity index (χ1n) is 5.74. The zero-order valence-corrected chi connectivity index (χ0v) is 11.5. The number of methoxy groups -OCH3 is 1. The van der Waals surface area contributed by atoms with E-state index in [9.17, 15) is 0 Å². The van der Waals surface area contributed by atoms with Gasteiger partial charge in [-0.25, -0.2) is 0 Å². The van der Waals surface area contributed by atoms with Crippen LogP contribution in [0.1, 0.15) is 11.3 Å². The molecule has 92 valence electrons. The molecule has 0 spiro atoms. The standard InChI is InChI=1S/C14H13BrN2O/c1-18-13-5-6-16-12(13)7-9-8-17-11-4-2-3-10(15)14(9)11/h2-7,16-17H,8H2,1H3/b9-7+. The molecule has 1 aliphatic heterocycles. The van der Waals surface area contributed by atoms with Gasteiger partial charge in [-0.15, -0.1) is 0 Å². The first-order chi connectivity index (χ1) is 8.79. The summed E-state index contributed by atoms with van der Waals surface area (Å²) in [6.45, 7) is 0.833. The molecule has 0 saturated carbocycles. The molecule has 18 heavy (non-hydrogen) atoms. The Morgan fingerprint density at radius 1 is 1.33 bits per heavy atom. The number of nitrogens with one attached hydrogen (secondary N) is 2. The molecule has 2 heterocycles. The molecule has 0 atom stereocenters. The summed E-state index contributed by atoms with van der Waals surface area (Å²) in [5, 5.41) is 3.39. The summed E-state index contributed by atoms with van der Waals surface area (Å²) in [5.74, 6) is 0.864. The molecule has 0 bridgehead atoms. The van der Waals surface area contributed by atoms with Crippen molar-refractivity contribution >= 4 is 33.3 Å². The molecule has 0 saturated heterocycles. The van der Waals surface area contributed by atoms with Gasteiger partial charge in [0.25, 0.3) is 0 Å². The topological polar surface area (TPSA) is 37.0 Å². The Morgan fingerprint density at radius 2 is 2.22 bits per heavy atom. The molecule has 2 N–H and O–H groups in total. The minimum Gasteiger partial charge on any atom is -0.495 e. The maximum absolute atomic E-state index is 5.31. The lowest BCUT2D eigenvalue weighted by Gasteiger charge is -2.03. The monoisotopic (exact) mass is 304 g/mol. The van der Waals surface area contributed by atoms with E-state index in [1.54, 1.807) is 7.11 Å². The number of H-pyrrole nitrogens is 1. The minimum atomic E-state index is 0.833. The second-order valence-electron chi connectivity index (χ2n) is 4.15. The van der Waals surface area contributed by atoms with Gasteiger partial charge in [-0.2, -0.15) is 0 Å². The number of anilines is 1. The molecular weight excluding hydrogens is 292 g/mol. The van der Waals surface area contributed by atoms with Crippen molar-refractivity contribution in [2.75, 3.05) is 19.0 Å². The molecule has 2 aromatic rings. The van der Waals surface area contributed by atoms with Crippen LogP contribution in [0.4, 0.5) is 5.69 Å². The Balaban J connectivity index is 2.07. The fraction of sp³-hybridized carbons (Fsp3) is 0.143. The predicted molar refractivity (Wildman–Crippen MR) is 77.8 cm³/mol. The van der Waals surface area contributed by atoms with Crippen molar-refractivity contribution in [1.82, 2.24) is 4.98 Å². The SMILES string of the molecule is COc1cc[nH]c1/C=C1\CNc2cccc(Br)c21. The number of halogens is 1. The van der Waals surface area contributed by atoms with Gasteiger partial charge in [0, 0.05) is 28.5 Å². The van der Waals surface area contributed by atoms with Crippen LogP contribution in [0.5, 0.6) is 5.75 Å². The third-order valence-corrected chi connectivity index (χ3v) is 3.74. The Bertz CT molecular complexity index is 616. The Hall–Kier alpha value is -1.68. The van der Waals surface area contributed by atoms with Crippen LogP contribution < -0.4 is 10.1 Å². The fourth-order valence-electron chi connectivity index (χ4n) is 2.23. The normalized spacial score (nSPS) is 15.6. The Kier molecular flexibility index (Phi) is 2.88. The van der Waals surface area contributed by atoms with Gasteiger partial charge < -0.3 is 15.0 Å². The van der Waals surface area contributed by atoms with E-state index in [0.29, 0.717) is 0 Å². The quantitative estimate of drug-likeness (QED) is 0.886. The lowest BCUT2D eigenvalue weighted by atomic mass is 10.1. The fourth-order valence-corrected chi connectivity index (χ4v) is 2.85. The molecule has 0 radical (unpaired) electrons. The summed E-state index contributed by atoms with van der Waals surface area (Å²) in [6, 6.07) is 8.11. The third kappa shape index (κ3) is 1.82. The van der Waals surface area contributed by atoms with Gasteiger partial charge in [0.05, 0.1) is 12.8 Å². The largest absolute Gasteiger partial charge is 0.495 e. The number of ether oxygens (including phenoxy) is 1. The number of aromatic amines is 1. The zero-order chi connectivity index (χ0) is 12.5. The zero-order valence-electron chi connectivity index (χ0n) is 9.96. The van der Waals surface area contributed by atoms with Crippen LogP contribution in [0.15, 0.2) is 34.9 Å². The van der Waals surface area contributed by atoms with E-state index in [0.717, 1.165) is 22.5 Å². The van der Waals surface area contributed by atoms with Crippen molar-refractivity contribution in [2.24, 2.45) is 0 Å². The minimum absolute atomic E-state index is 0.833. The highest BCUT2D eigenvalue weighted by molar-refractivity contribution is 9.10. The van der Waals surface area contributed by atoms with Gasteiger partial charge in [-0.1, -0.05) is 22.0 Å². The van der Waals surface area contributed by atoms with Crippen LogP contribution in [-0.4, -0.2) is 18.6 Å². The van der Waals surface area contributed by atoms with Crippen LogP contribution in [0.3, 0.4) is 0 Å². The summed E-state index contributed by atoms with van der Waals surface area (Å²) >= 11 is 3.61. The van der Waals surface area contributed by atoms with Gasteiger partial charge in [0.15, 0.2) is 0 Å². The van der Waals surface area contributed by atoms with Gasteiger partial charge in [0.2, 0.25) is 0 Å². The maximum Gasteiger partial charge on any atom is 0.143 e. The second-order valence-corrected chi connectivity index (χ2v) is 5.00. The lowest BCUT2D eigenvalue weighted by molar-refractivity contribution is 0.414. The van der Waals surface area contributed by atoms with E-state index in [1.807, 2.05) is 18.3 Å². The number of rotatable bonds is 2. The molecule has 0 unspecified atom stereocenters. The summed E-state index contributed by atoms with van der Waals surface area (Å²) in [4.78, 5) is 3.19. The summed E-state index contributed by atoms with van der Waals surface area (Å²) in [6.07, 6.45) is 4.01. The highest BCUT2D eigenvalue weighted by Crippen LogP contribution is 2.37. The molecule has 0 fully saturated rings.